The average Bonchev–Trinajstić information content (AvgIpc) is 2.95. The second-order valence-electron chi connectivity index (χ2n) is 6.04. The molecule has 1 heterocycles. The molecule has 1 aliphatic carbocycles. The molecule has 1 unspecified atom stereocenters. The first-order valence-electron chi connectivity index (χ1n) is 7.16. The van der Waals surface area contributed by atoms with Crippen LogP contribution in [-0.2, 0) is 4.79 Å². The minimum atomic E-state index is -0.0627. The molecule has 1 amide bonds. The minimum absolute atomic E-state index is 0.0627. The standard InChI is InChI=1S/C14H26N2O/c1-14(11-15)9-4-10-16(14)13(17)8-7-12-5-2-3-6-12/h12H,2-11,15H2,1H3. The van der Waals surface area contributed by atoms with E-state index in [0.717, 1.165) is 38.1 Å². The highest BCUT2D eigenvalue weighted by Gasteiger charge is 2.38. The molecule has 1 aliphatic heterocycles. The maximum atomic E-state index is 12.2. The molecule has 0 spiro atoms. The van der Waals surface area contributed by atoms with E-state index in [1.807, 2.05) is 4.90 Å². The van der Waals surface area contributed by atoms with Gasteiger partial charge in [-0.1, -0.05) is 25.7 Å². The maximum Gasteiger partial charge on any atom is 0.223 e. The van der Waals surface area contributed by atoms with Crippen LogP contribution in [0.15, 0.2) is 0 Å². The number of nitrogens with zero attached hydrogens (tertiary/aromatic N) is 1. The Kier molecular flexibility index (Phi) is 4.08. The molecule has 2 fully saturated rings. The van der Waals surface area contributed by atoms with Gasteiger partial charge in [0.1, 0.15) is 0 Å². The summed E-state index contributed by atoms with van der Waals surface area (Å²) in [6.45, 7) is 3.65. The largest absolute Gasteiger partial charge is 0.336 e. The van der Waals surface area contributed by atoms with E-state index in [2.05, 4.69) is 6.92 Å². The zero-order valence-electron chi connectivity index (χ0n) is 11.1. The average molecular weight is 238 g/mol. The van der Waals surface area contributed by atoms with Gasteiger partial charge in [0, 0.05) is 19.5 Å². The lowest BCUT2D eigenvalue weighted by molar-refractivity contribution is -0.134. The number of carbonyl (C=O) groups excluding carboxylic acids is 1. The van der Waals surface area contributed by atoms with Gasteiger partial charge in [0.15, 0.2) is 0 Å². The number of amides is 1. The third-order valence-electron chi connectivity index (χ3n) is 4.73. The number of nitrogens with two attached hydrogens (primary N) is 1. The van der Waals surface area contributed by atoms with Crippen LogP contribution in [0.3, 0.4) is 0 Å². The fourth-order valence-corrected chi connectivity index (χ4v) is 3.42. The lowest BCUT2D eigenvalue weighted by Crippen LogP contribution is -2.50. The first kappa shape index (κ1) is 12.9. The Hall–Kier alpha value is -0.570. The predicted octanol–water partition coefficient (Wildman–Crippen LogP) is 2.30. The lowest BCUT2D eigenvalue weighted by atomic mass is 9.97. The van der Waals surface area contributed by atoms with E-state index >= 15 is 0 Å². The van der Waals surface area contributed by atoms with E-state index < -0.39 is 0 Å². The molecule has 98 valence electrons. The number of hydrogen-bond acceptors (Lipinski definition) is 2. The van der Waals surface area contributed by atoms with E-state index in [-0.39, 0.29) is 5.54 Å². The van der Waals surface area contributed by atoms with Crippen LogP contribution in [0, 0.1) is 5.92 Å². The Bertz CT molecular complexity index is 273. The van der Waals surface area contributed by atoms with E-state index in [0.29, 0.717) is 12.5 Å². The summed E-state index contributed by atoms with van der Waals surface area (Å²) in [6, 6.07) is 0. The van der Waals surface area contributed by atoms with Gasteiger partial charge in [-0.15, -0.1) is 0 Å². The van der Waals surface area contributed by atoms with Crippen LogP contribution in [-0.4, -0.2) is 29.4 Å². The van der Waals surface area contributed by atoms with Crippen LogP contribution < -0.4 is 5.73 Å². The van der Waals surface area contributed by atoms with Crippen molar-refractivity contribution >= 4 is 5.91 Å². The highest BCUT2D eigenvalue weighted by Crippen LogP contribution is 2.31. The molecule has 3 heteroatoms. The zero-order chi connectivity index (χ0) is 12.3. The summed E-state index contributed by atoms with van der Waals surface area (Å²) >= 11 is 0. The van der Waals surface area contributed by atoms with Crippen molar-refractivity contribution in [3.8, 4) is 0 Å². The molecular weight excluding hydrogens is 212 g/mol. The van der Waals surface area contributed by atoms with E-state index in [1.54, 1.807) is 0 Å². The first-order valence-corrected chi connectivity index (χ1v) is 7.16. The van der Waals surface area contributed by atoms with E-state index in [4.69, 9.17) is 5.73 Å². The monoisotopic (exact) mass is 238 g/mol. The molecule has 1 saturated heterocycles. The minimum Gasteiger partial charge on any atom is -0.336 e. The molecule has 0 aromatic heterocycles. The number of rotatable bonds is 4. The highest BCUT2D eigenvalue weighted by atomic mass is 16.2. The zero-order valence-corrected chi connectivity index (χ0v) is 11.1. The van der Waals surface area contributed by atoms with Crippen molar-refractivity contribution in [1.82, 2.24) is 4.90 Å². The SMILES string of the molecule is CC1(CN)CCCN1C(=O)CCC1CCCC1. The lowest BCUT2D eigenvalue weighted by Gasteiger charge is -2.34. The molecule has 0 aromatic rings. The Morgan fingerprint density at radius 1 is 1.35 bits per heavy atom. The van der Waals surface area contributed by atoms with Crippen molar-refractivity contribution in [3.63, 3.8) is 0 Å². The van der Waals surface area contributed by atoms with Crippen molar-refractivity contribution in [2.75, 3.05) is 13.1 Å². The van der Waals surface area contributed by atoms with E-state index in [9.17, 15) is 4.79 Å². The van der Waals surface area contributed by atoms with Crippen molar-refractivity contribution in [2.24, 2.45) is 11.7 Å². The van der Waals surface area contributed by atoms with Gasteiger partial charge in [0.05, 0.1) is 5.54 Å². The molecule has 3 nitrogen and oxygen atoms in total. The Morgan fingerprint density at radius 2 is 2.06 bits per heavy atom. The summed E-state index contributed by atoms with van der Waals surface area (Å²) < 4.78 is 0. The quantitative estimate of drug-likeness (QED) is 0.817. The summed E-state index contributed by atoms with van der Waals surface area (Å²) in [5, 5.41) is 0. The third-order valence-corrected chi connectivity index (χ3v) is 4.73. The molecular formula is C14H26N2O. The van der Waals surface area contributed by atoms with Gasteiger partial charge in [0.25, 0.3) is 0 Å². The van der Waals surface area contributed by atoms with Gasteiger partial charge in [-0.2, -0.15) is 0 Å². The smallest absolute Gasteiger partial charge is 0.223 e. The van der Waals surface area contributed by atoms with Crippen LogP contribution in [0.1, 0.15) is 58.3 Å². The van der Waals surface area contributed by atoms with Gasteiger partial charge >= 0.3 is 0 Å². The topological polar surface area (TPSA) is 46.3 Å². The summed E-state index contributed by atoms with van der Waals surface area (Å²) in [4.78, 5) is 14.3. The van der Waals surface area contributed by atoms with Gasteiger partial charge in [-0.25, -0.2) is 0 Å². The van der Waals surface area contributed by atoms with Crippen molar-refractivity contribution in [1.29, 1.82) is 0 Å². The molecule has 2 rings (SSSR count). The normalized spacial score (nSPS) is 30.1. The second kappa shape index (κ2) is 5.38. The molecule has 17 heavy (non-hydrogen) atoms. The van der Waals surface area contributed by atoms with Crippen LogP contribution in [0.2, 0.25) is 0 Å². The van der Waals surface area contributed by atoms with Crippen LogP contribution in [0.5, 0.6) is 0 Å². The fraction of sp³-hybridized carbons (Fsp3) is 0.929. The molecule has 0 aromatic carbocycles. The fourth-order valence-electron chi connectivity index (χ4n) is 3.42. The van der Waals surface area contributed by atoms with Gasteiger partial charge in [0.2, 0.25) is 5.91 Å². The van der Waals surface area contributed by atoms with Crippen LogP contribution in [0.4, 0.5) is 0 Å². The summed E-state index contributed by atoms with van der Waals surface area (Å²) in [7, 11) is 0. The maximum absolute atomic E-state index is 12.2. The highest BCUT2D eigenvalue weighted by molar-refractivity contribution is 5.77. The van der Waals surface area contributed by atoms with Crippen LogP contribution >= 0.6 is 0 Å². The Balaban J connectivity index is 1.82. The molecule has 1 saturated carbocycles. The van der Waals surface area contributed by atoms with Crippen LogP contribution in [0.25, 0.3) is 0 Å². The number of hydrogen-bond donors (Lipinski definition) is 1. The van der Waals surface area contributed by atoms with Gasteiger partial charge in [-0.3, -0.25) is 4.79 Å². The molecule has 1 atom stereocenters. The van der Waals surface area contributed by atoms with E-state index in [1.165, 1.54) is 25.7 Å². The van der Waals surface area contributed by atoms with Crippen molar-refractivity contribution in [2.45, 2.75) is 63.8 Å². The van der Waals surface area contributed by atoms with Crippen molar-refractivity contribution < 1.29 is 4.79 Å². The second-order valence-corrected chi connectivity index (χ2v) is 6.04. The summed E-state index contributed by atoms with van der Waals surface area (Å²) in [5.41, 5.74) is 5.76. The Morgan fingerprint density at radius 3 is 2.71 bits per heavy atom. The first-order chi connectivity index (χ1) is 8.15. The summed E-state index contributed by atoms with van der Waals surface area (Å²) in [6.07, 6.45) is 9.41. The van der Waals surface area contributed by atoms with Gasteiger partial charge in [-0.05, 0) is 32.1 Å². The molecule has 0 bridgehead atoms. The van der Waals surface area contributed by atoms with Gasteiger partial charge < -0.3 is 10.6 Å². The Labute approximate surface area is 105 Å². The molecule has 0 radical (unpaired) electrons. The summed E-state index contributed by atoms with van der Waals surface area (Å²) in [5.74, 6) is 1.15. The molecule has 2 N–H and O–H groups in total. The number of carbonyl (C=O) groups is 1. The van der Waals surface area contributed by atoms with Crippen molar-refractivity contribution in [3.05, 3.63) is 0 Å². The molecule has 2 aliphatic rings. The predicted molar refractivity (Wildman–Crippen MR) is 69.6 cm³/mol. The third kappa shape index (κ3) is 2.82. The number of likely N-dealkylation sites (tertiary alicyclic amines) is 1.